The molecule has 4 aromatic carbocycles. The van der Waals surface area contributed by atoms with Gasteiger partial charge in [0.1, 0.15) is 36.9 Å². The van der Waals surface area contributed by atoms with Crippen molar-refractivity contribution in [1.29, 1.82) is 0 Å². The van der Waals surface area contributed by atoms with Gasteiger partial charge in [0, 0.05) is 72.1 Å². The molecule has 17 nitrogen and oxygen atoms in total. The molecule has 0 bridgehead atoms. The highest BCUT2D eigenvalue weighted by atomic mass is 32.2. The summed E-state index contributed by atoms with van der Waals surface area (Å²) in [4.78, 5) is 11.0. The van der Waals surface area contributed by atoms with Crippen LogP contribution in [0.15, 0.2) is 118 Å². The first-order valence-corrected chi connectivity index (χ1v) is 26.9. The lowest BCUT2D eigenvalue weighted by Gasteiger charge is -2.31. The number of hydrogen-bond donors (Lipinski definition) is 1. The number of nitrogens with zero attached hydrogens (tertiary/aromatic N) is 2. The van der Waals surface area contributed by atoms with Crippen molar-refractivity contribution in [3.63, 3.8) is 0 Å². The van der Waals surface area contributed by atoms with Gasteiger partial charge in [-0.25, -0.2) is 33.7 Å². The average Bonchev–Trinajstić information content (AvgIpc) is 3.59. The fraction of sp³-hybridized carbons (Fsp3) is 0.348. The molecule has 6 rings (SSSR count). The summed E-state index contributed by atoms with van der Waals surface area (Å²) >= 11 is 0. The summed E-state index contributed by atoms with van der Waals surface area (Å²) in [6.07, 6.45) is 14.0. The molecule has 0 radical (unpaired) electrons. The van der Waals surface area contributed by atoms with Crippen LogP contribution in [0.3, 0.4) is 0 Å². The molecule has 67 heavy (non-hydrogen) atoms. The number of benzene rings is 4. The van der Waals surface area contributed by atoms with Gasteiger partial charge in [0.15, 0.2) is 5.71 Å². The van der Waals surface area contributed by atoms with Crippen LogP contribution in [0.25, 0.3) is 21.5 Å². The highest BCUT2D eigenvalue weighted by Crippen LogP contribution is 2.53. The van der Waals surface area contributed by atoms with Crippen molar-refractivity contribution in [3.8, 4) is 0 Å². The minimum atomic E-state index is -5.23. The van der Waals surface area contributed by atoms with Crippen molar-refractivity contribution in [1.82, 2.24) is 0 Å². The summed E-state index contributed by atoms with van der Waals surface area (Å²) in [5.41, 5.74) is 1.84. The number of fused-ring (bicyclic) bond motifs is 6. The van der Waals surface area contributed by atoms with Crippen LogP contribution in [-0.4, -0.2) is 106 Å². The molecule has 2 aliphatic heterocycles. The van der Waals surface area contributed by atoms with E-state index in [9.17, 15) is 56.7 Å². The van der Waals surface area contributed by atoms with E-state index in [4.69, 9.17) is 9.84 Å². The number of anilines is 1. The van der Waals surface area contributed by atoms with Crippen LogP contribution in [0.4, 0.5) is 11.4 Å². The Morgan fingerprint density at radius 1 is 0.731 bits per heavy atom. The summed E-state index contributed by atoms with van der Waals surface area (Å²) in [6, 6.07) is 12.4. The van der Waals surface area contributed by atoms with Gasteiger partial charge in [0.25, 0.3) is 0 Å². The molecule has 2 heterocycles. The van der Waals surface area contributed by atoms with Crippen molar-refractivity contribution < 1.29 is 71.1 Å². The van der Waals surface area contributed by atoms with Gasteiger partial charge in [-0.1, -0.05) is 42.5 Å². The van der Waals surface area contributed by atoms with Gasteiger partial charge < -0.3 is 33.0 Å². The lowest BCUT2D eigenvalue weighted by atomic mass is 9.76. The van der Waals surface area contributed by atoms with Crippen LogP contribution < -0.4 is 4.90 Å². The molecule has 1 atom stereocenters. The SMILES string of the molecule is COCCN1/C(=C/C=C/C=C/C=C/C2=[N+](CCCCCC(=O)O)c3ccc4c(S(=O)(=O)[O-])cc(S(=O)(=O)[O-])cc4c3C2(C)C)C(C)(CCCS(=O)(=O)[O-])c2c1ccc1ccc(S(=O)(=O)[O-])cc21. The molecule has 0 aromatic heterocycles. The number of rotatable bonds is 20. The van der Waals surface area contributed by atoms with E-state index in [1.54, 1.807) is 42.5 Å². The Hall–Kier alpha value is -5.10. The molecule has 0 fully saturated rings. The number of unbranched alkanes of at least 4 members (excludes halogenated alkanes) is 2. The zero-order valence-electron chi connectivity index (χ0n) is 37.0. The molecular formula is C46H49N2O15S4-3. The topological polar surface area (TPSA) is 282 Å². The van der Waals surface area contributed by atoms with Crippen LogP contribution in [-0.2, 0) is 60.8 Å². The Kier molecular flexibility index (Phi) is 14.9. The minimum absolute atomic E-state index is 0.0203. The molecule has 0 aliphatic carbocycles. The van der Waals surface area contributed by atoms with Gasteiger partial charge >= 0.3 is 5.97 Å². The van der Waals surface area contributed by atoms with Gasteiger partial charge in [-0.2, -0.15) is 4.58 Å². The summed E-state index contributed by atoms with van der Waals surface area (Å²) in [5.74, 6) is -1.56. The zero-order valence-corrected chi connectivity index (χ0v) is 40.3. The van der Waals surface area contributed by atoms with Crippen molar-refractivity contribution in [3.05, 3.63) is 114 Å². The Labute approximate surface area is 390 Å². The van der Waals surface area contributed by atoms with Gasteiger partial charge in [-0.15, -0.1) is 0 Å². The van der Waals surface area contributed by atoms with E-state index >= 15 is 0 Å². The van der Waals surface area contributed by atoms with E-state index in [1.165, 1.54) is 31.4 Å². The molecule has 0 saturated heterocycles. The normalized spacial score (nSPS) is 18.4. The zero-order chi connectivity index (χ0) is 49.3. The Bertz CT molecular complexity index is 3260. The number of aliphatic carboxylic acids is 1. The fourth-order valence-electron chi connectivity index (χ4n) is 9.30. The van der Waals surface area contributed by atoms with Crippen LogP contribution in [0, 0.1) is 0 Å². The maximum absolute atomic E-state index is 12.4. The first kappa shape index (κ1) is 51.3. The Morgan fingerprint density at radius 2 is 1.39 bits per heavy atom. The van der Waals surface area contributed by atoms with E-state index in [2.05, 4.69) is 0 Å². The highest BCUT2D eigenvalue weighted by Gasteiger charge is 2.46. The predicted molar refractivity (Wildman–Crippen MR) is 247 cm³/mol. The number of hydrogen-bond acceptors (Lipinski definition) is 15. The second-order valence-corrected chi connectivity index (χ2v) is 22.7. The molecular weight excluding hydrogens is 949 g/mol. The van der Waals surface area contributed by atoms with Crippen LogP contribution in [0.5, 0.6) is 0 Å². The van der Waals surface area contributed by atoms with Crippen LogP contribution in [0.1, 0.15) is 70.4 Å². The summed E-state index contributed by atoms with van der Waals surface area (Å²) in [5, 5.41) is 10.3. The Balaban J connectivity index is 1.39. The molecule has 21 heteroatoms. The van der Waals surface area contributed by atoms with Crippen LogP contribution in [0.2, 0.25) is 0 Å². The summed E-state index contributed by atoms with van der Waals surface area (Å²) in [7, 11) is -18.3. The second kappa shape index (κ2) is 19.5. The summed E-state index contributed by atoms with van der Waals surface area (Å²) in [6.45, 7) is 6.53. The van der Waals surface area contributed by atoms with Gasteiger partial charge in [0.05, 0.1) is 36.8 Å². The maximum Gasteiger partial charge on any atom is 0.303 e. The molecule has 4 aromatic rings. The van der Waals surface area contributed by atoms with E-state index in [0.29, 0.717) is 83.1 Å². The fourth-order valence-corrected chi connectivity index (χ4v) is 11.6. The number of carboxylic acids is 1. The number of ether oxygens (including phenoxy) is 1. The quantitative estimate of drug-likeness (QED) is 0.0458. The van der Waals surface area contributed by atoms with E-state index in [-0.39, 0.29) is 36.6 Å². The largest absolute Gasteiger partial charge is 0.748 e. The average molecular weight is 998 g/mol. The van der Waals surface area contributed by atoms with Gasteiger partial charge in [-0.05, 0) is 111 Å². The number of carbonyl (C=O) groups is 1. The molecule has 2 aliphatic rings. The van der Waals surface area contributed by atoms with Crippen molar-refractivity contribution >= 4 is 85.1 Å². The molecule has 1 N–H and O–H groups in total. The first-order valence-electron chi connectivity index (χ1n) is 21.1. The van der Waals surface area contributed by atoms with E-state index < -0.39 is 77.7 Å². The standard InChI is InChI=1S/C46H52N2O15S4/c1-45(2)40(47(24-12-8-11-16-42(49)50)37-22-20-34-36(43(37)45)29-33(66(57,58)59)30-39(34)67(60,61)62)14-9-6-5-7-10-15-41-46(3,23-13-27-64(51,52)53)44-35-28-32(65(54,55)56)19-17-31(35)18-21-38(44)48(41)25-26-63-4/h5-7,9-10,14-15,17-22,28-30H,8,11-13,16,23-27H2,1-4H3,(H4-,49,50,51,52,53,54,55,56,57,58,59,60,61,62)/p-3. The van der Waals surface area contributed by atoms with E-state index in [1.807, 2.05) is 48.5 Å². The third kappa shape index (κ3) is 11.1. The smallest absolute Gasteiger partial charge is 0.303 e. The highest BCUT2D eigenvalue weighted by molar-refractivity contribution is 7.87. The second-order valence-electron chi connectivity index (χ2n) is 17.1. The minimum Gasteiger partial charge on any atom is -0.748 e. The lowest BCUT2D eigenvalue weighted by Crippen LogP contribution is -2.31. The van der Waals surface area contributed by atoms with E-state index in [0.717, 1.165) is 6.07 Å². The van der Waals surface area contributed by atoms with Crippen LogP contribution >= 0.6 is 0 Å². The lowest BCUT2D eigenvalue weighted by molar-refractivity contribution is -0.438. The molecule has 0 saturated carbocycles. The molecule has 0 amide bonds. The summed E-state index contributed by atoms with van der Waals surface area (Å²) < 4.78 is 153. The number of carboxylic acid groups (broad SMARTS) is 1. The maximum atomic E-state index is 12.4. The molecule has 1 unspecified atom stereocenters. The third-order valence-electron chi connectivity index (χ3n) is 12.2. The Morgan fingerprint density at radius 3 is 2.03 bits per heavy atom. The van der Waals surface area contributed by atoms with Gasteiger partial charge in [-0.3, -0.25) is 4.79 Å². The van der Waals surface area contributed by atoms with Gasteiger partial charge in [0.2, 0.25) is 5.69 Å². The molecule has 0 spiro atoms. The predicted octanol–water partition coefficient (Wildman–Crippen LogP) is 6.03. The monoisotopic (exact) mass is 997 g/mol. The molecule has 360 valence electrons. The van der Waals surface area contributed by atoms with Crippen molar-refractivity contribution in [2.45, 2.75) is 84.8 Å². The number of methoxy groups -OCH3 is 1. The van der Waals surface area contributed by atoms with Crippen molar-refractivity contribution in [2.75, 3.05) is 37.5 Å². The number of allylic oxidation sites excluding steroid dienone is 8. The van der Waals surface area contributed by atoms with Crippen molar-refractivity contribution in [2.24, 2.45) is 0 Å². The first-order chi connectivity index (χ1) is 31.2. The third-order valence-corrected chi connectivity index (χ3v) is 15.5.